The molecule has 0 aromatic rings. The molecule has 0 heterocycles. The molecule has 0 aliphatic carbocycles. The van der Waals surface area contributed by atoms with E-state index in [4.69, 9.17) is 0 Å². The third-order valence-electron chi connectivity index (χ3n) is 1.23. The summed E-state index contributed by atoms with van der Waals surface area (Å²) in [6.07, 6.45) is -0.612. The van der Waals surface area contributed by atoms with Crippen LogP contribution in [0.3, 0.4) is 0 Å². The third-order valence-corrected chi connectivity index (χ3v) is 1.23. The van der Waals surface area contributed by atoms with E-state index in [2.05, 4.69) is 14.2 Å². The van der Waals surface area contributed by atoms with Crippen LogP contribution < -0.4 is 34.7 Å². The Morgan fingerprint density at radius 3 is 2.00 bits per heavy atom. The molecule has 0 aromatic heterocycles. The van der Waals surface area contributed by atoms with E-state index < -0.39 is 12.2 Å². The van der Waals surface area contributed by atoms with Crippen molar-refractivity contribution in [3.8, 4) is 0 Å². The van der Waals surface area contributed by atoms with Gasteiger partial charge in [0.05, 0.1) is 11.5 Å². The second-order valence-electron chi connectivity index (χ2n) is 1.87. The monoisotopic (exact) mass is 198 g/mol. The van der Waals surface area contributed by atoms with Gasteiger partial charge in [0, 0.05) is 14.2 Å². The van der Waals surface area contributed by atoms with Gasteiger partial charge in [-0.1, -0.05) is 0 Å². The van der Waals surface area contributed by atoms with Crippen molar-refractivity contribution in [1.29, 1.82) is 0 Å². The molecule has 0 saturated carbocycles. The summed E-state index contributed by atoms with van der Waals surface area (Å²) in [5, 5.41) is 10.9. The van der Waals surface area contributed by atoms with Gasteiger partial charge in [0.15, 0.2) is 12.6 Å². The topological polar surface area (TPSA) is 67.8 Å². The minimum Gasteiger partial charge on any atom is -0.616 e. The summed E-state index contributed by atoms with van der Waals surface area (Å²) >= 11 is 0. The van der Waals surface area contributed by atoms with E-state index in [1.54, 1.807) is 0 Å². The van der Waals surface area contributed by atoms with Crippen LogP contribution in [-0.2, 0) is 19.0 Å². The number of ether oxygens (including phenoxy) is 3. The Morgan fingerprint density at radius 1 is 1.31 bits per heavy atom. The first kappa shape index (κ1) is 15.4. The second-order valence-corrected chi connectivity index (χ2v) is 1.87. The average molecular weight is 198 g/mol. The Kier molecular flexibility index (Phi) is 10.1. The molecule has 70 valence electrons. The molecule has 0 rings (SSSR count). The predicted octanol–water partition coefficient (Wildman–Crippen LogP) is -3.97. The van der Waals surface area contributed by atoms with E-state index in [9.17, 15) is 9.90 Å². The largest absolute Gasteiger partial charge is 1.00 e. The zero-order chi connectivity index (χ0) is 9.56. The number of carbonyl (C=O) groups excluding carboxylic acids is 1. The standard InChI is InChI=1S/C7H12O5.Na/c1-10-6(9)5(4-8)7(11-2)12-3;/h4,7,9H,1-3H3;/q;+1/p-1/b6-5-;. The summed E-state index contributed by atoms with van der Waals surface area (Å²) < 4.78 is 13.7. The van der Waals surface area contributed by atoms with E-state index in [0.29, 0.717) is 6.29 Å². The number of carbonyl (C=O) groups is 1. The van der Waals surface area contributed by atoms with Gasteiger partial charge in [-0.05, 0) is 7.11 Å². The molecule has 0 fully saturated rings. The molecule has 0 aliphatic heterocycles. The SMILES string of the molecule is CO/C([O-])=C(/C=O)C(OC)OC.[Na+]. The van der Waals surface area contributed by atoms with E-state index in [1.165, 1.54) is 21.3 Å². The van der Waals surface area contributed by atoms with Gasteiger partial charge in [0.1, 0.15) is 0 Å². The van der Waals surface area contributed by atoms with Crippen molar-refractivity contribution in [1.82, 2.24) is 0 Å². The smallest absolute Gasteiger partial charge is 0.616 e. The molecule has 0 aliphatic rings. The van der Waals surface area contributed by atoms with Gasteiger partial charge in [0.2, 0.25) is 0 Å². The van der Waals surface area contributed by atoms with Crippen LogP contribution >= 0.6 is 0 Å². The Balaban J connectivity index is 0. The molecule has 13 heavy (non-hydrogen) atoms. The van der Waals surface area contributed by atoms with Crippen molar-refractivity contribution in [2.75, 3.05) is 21.3 Å². The molecule has 0 aromatic carbocycles. The van der Waals surface area contributed by atoms with Gasteiger partial charge >= 0.3 is 29.6 Å². The van der Waals surface area contributed by atoms with Crippen molar-refractivity contribution < 1.29 is 53.7 Å². The van der Waals surface area contributed by atoms with Gasteiger partial charge in [-0.3, -0.25) is 4.79 Å². The first-order valence-electron chi connectivity index (χ1n) is 3.17. The molecule has 0 bridgehead atoms. The molecule has 0 amide bonds. The third kappa shape index (κ3) is 4.64. The quantitative estimate of drug-likeness (QED) is 0.148. The van der Waals surface area contributed by atoms with E-state index >= 15 is 0 Å². The number of methoxy groups -OCH3 is 3. The maximum atomic E-state index is 10.9. The molecule has 6 heteroatoms. The van der Waals surface area contributed by atoms with Gasteiger partial charge in [-0.25, -0.2) is 0 Å². The summed E-state index contributed by atoms with van der Waals surface area (Å²) in [5.74, 6) is -0.751. The molecule has 0 saturated heterocycles. The van der Waals surface area contributed by atoms with Crippen LogP contribution in [0.15, 0.2) is 11.5 Å². The maximum absolute atomic E-state index is 10.9. The molecule has 0 atom stereocenters. The summed E-state index contributed by atoms with van der Waals surface area (Å²) in [4.78, 5) is 10.4. The number of rotatable bonds is 5. The van der Waals surface area contributed by atoms with Crippen molar-refractivity contribution in [3.63, 3.8) is 0 Å². The van der Waals surface area contributed by atoms with Crippen molar-refractivity contribution in [2.45, 2.75) is 6.29 Å². The fraction of sp³-hybridized carbons (Fsp3) is 0.571. The second kappa shape index (κ2) is 8.52. The van der Waals surface area contributed by atoms with Gasteiger partial charge < -0.3 is 19.3 Å². The fourth-order valence-corrected chi connectivity index (χ4v) is 0.668. The molecule has 0 unspecified atom stereocenters. The van der Waals surface area contributed by atoms with Crippen molar-refractivity contribution in [3.05, 3.63) is 11.5 Å². The Labute approximate surface area is 98.9 Å². The van der Waals surface area contributed by atoms with Crippen LogP contribution in [-0.4, -0.2) is 33.9 Å². The normalized spacial score (nSPS) is 11.7. The van der Waals surface area contributed by atoms with Crippen LogP contribution in [0.5, 0.6) is 0 Å². The maximum Gasteiger partial charge on any atom is 1.00 e. The fourth-order valence-electron chi connectivity index (χ4n) is 0.668. The minimum atomic E-state index is -0.963. The summed E-state index contributed by atoms with van der Waals surface area (Å²) in [6, 6.07) is 0. The first-order chi connectivity index (χ1) is 5.71. The van der Waals surface area contributed by atoms with E-state index in [0.717, 1.165) is 0 Å². The van der Waals surface area contributed by atoms with Crippen LogP contribution in [0.25, 0.3) is 0 Å². The van der Waals surface area contributed by atoms with Gasteiger partial charge in [0.25, 0.3) is 0 Å². The Morgan fingerprint density at radius 2 is 1.77 bits per heavy atom. The average Bonchev–Trinajstić information content (AvgIpc) is 2.12. The summed E-state index contributed by atoms with van der Waals surface area (Å²) in [5.41, 5.74) is -0.192. The number of hydrogen-bond donors (Lipinski definition) is 0. The van der Waals surface area contributed by atoms with Gasteiger partial charge in [-0.2, -0.15) is 0 Å². The zero-order valence-electron chi connectivity index (χ0n) is 8.20. The van der Waals surface area contributed by atoms with Crippen LogP contribution in [0.4, 0.5) is 0 Å². The molecular formula is C7H11NaO5. The molecule has 5 nitrogen and oxygen atoms in total. The van der Waals surface area contributed by atoms with Crippen molar-refractivity contribution in [2.24, 2.45) is 0 Å². The summed E-state index contributed by atoms with van der Waals surface area (Å²) in [7, 11) is 3.81. The Hall–Kier alpha value is -0.0700. The van der Waals surface area contributed by atoms with E-state index in [1.807, 2.05) is 0 Å². The van der Waals surface area contributed by atoms with Crippen molar-refractivity contribution >= 4 is 6.29 Å². The molecule has 0 spiro atoms. The van der Waals surface area contributed by atoms with Crippen LogP contribution in [0.2, 0.25) is 0 Å². The number of aldehydes is 1. The van der Waals surface area contributed by atoms with E-state index in [-0.39, 0.29) is 35.1 Å². The summed E-state index contributed by atoms with van der Waals surface area (Å²) in [6.45, 7) is 0. The zero-order valence-corrected chi connectivity index (χ0v) is 10.2. The van der Waals surface area contributed by atoms with Gasteiger partial charge in [-0.15, -0.1) is 0 Å². The molecule has 0 N–H and O–H groups in total. The molecular weight excluding hydrogens is 187 g/mol. The number of hydrogen-bond acceptors (Lipinski definition) is 5. The van der Waals surface area contributed by atoms with Crippen LogP contribution in [0, 0.1) is 0 Å². The first-order valence-corrected chi connectivity index (χ1v) is 3.17. The van der Waals surface area contributed by atoms with Crippen LogP contribution in [0.1, 0.15) is 0 Å². The molecule has 0 radical (unpaired) electrons. The predicted molar refractivity (Wildman–Crippen MR) is 37.9 cm³/mol. The minimum absolute atomic E-state index is 0. The Bertz CT molecular complexity index is 176.